The van der Waals surface area contributed by atoms with E-state index in [4.69, 9.17) is 0 Å². The summed E-state index contributed by atoms with van der Waals surface area (Å²) in [4.78, 5) is 0. The molecular formula is C6H9F6OSn. The standard InChI is InChI=1S/2C2H2F3.C2H5O.Sn/c2*1-2(3,4)5;1-2-3;/h2*1H2;2H2,1H3;/q;;-1;+1. The van der Waals surface area contributed by atoms with Gasteiger partial charge in [0, 0.05) is 0 Å². The van der Waals surface area contributed by atoms with Crippen LogP contribution in [0.4, 0.5) is 26.3 Å². The van der Waals surface area contributed by atoms with Crippen LogP contribution in [0, 0.1) is 0 Å². The van der Waals surface area contributed by atoms with Crippen molar-refractivity contribution in [2.75, 3.05) is 6.61 Å². The van der Waals surface area contributed by atoms with Crippen LogP contribution < -0.4 is 0 Å². The second-order valence-corrected chi connectivity index (χ2v) is 8.47. The molecule has 8 heteroatoms. The molecule has 0 fully saturated rings. The fraction of sp³-hybridized carbons (Fsp3) is 1.00. The molecule has 0 N–H and O–H groups in total. The Hall–Kier alpha value is 0.339. The first-order valence-corrected chi connectivity index (χ1v) is 8.95. The van der Waals surface area contributed by atoms with Crippen molar-refractivity contribution in [2.45, 2.75) is 28.1 Å². The van der Waals surface area contributed by atoms with Gasteiger partial charge in [0.1, 0.15) is 0 Å². The second-order valence-electron chi connectivity index (χ2n) is 2.56. The van der Waals surface area contributed by atoms with Crippen molar-refractivity contribution in [2.24, 2.45) is 0 Å². The number of hydrogen-bond donors (Lipinski definition) is 0. The van der Waals surface area contributed by atoms with Crippen LogP contribution in [0.15, 0.2) is 0 Å². The molecule has 0 saturated heterocycles. The Labute approximate surface area is 84.7 Å². The van der Waals surface area contributed by atoms with Crippen molar-refractivity contribution in [3.63, 3.8) is 0 Å². The molecule has 0 spiro atoms. The number of rotatable bonds is 4. The van der Waals surface area contributed by atoms with E-state index in [-0.39, 0.29) is 6.61 Å². The van der Waals surface area contributed by atoms with Gasteiger partial charge in [0.05, 0.1) is 0 Å². The Balaban J connectivity index is 4.16. The Kier molecular flexibility index (Phi) is 5.56. The molecule has 0 aromatic carbocycles. The maximum absolute atomic E-state index is 11.8. The van der Waals surface area contributed by atoms with Crippen molar-refractivity contribution in [1.82, 2.24) is 0 Å². The third-order valence-corrected chi connectivity index (χ3v) is 7.67. The fourth-order valence-corrected chi connectivity index (χ4v) is 5.47. The molecule has 0 aromatic heterocycles. The molecule has 1 nitrogen and oxygen atoms in total. The molecule has 0 aliphatic carbocycles. The van der Waals surface area contributed by atoms with Crippen molar-refractivity contribution in [1.29, 1.82) is 0 Å². The van der Waals surface area contributed by atoms with Crippen LogP contribution in [0.3, 0.4) is 0 Å². The molecule has 0 aromatic rings. The van der Waals surface area contributed by atoms with Crippen LogP contribution in [0.2, 0.25) is 8.87 Å². The third-order valence-electron chi connectivity index (χ3n) is 1.14. The minimum absolute atomic E-state index is 0.0824. The fourth-order valence-electron chi connectivity index (χ4n) is 0.816. The average molecular weight is 330 g/mol. The molecular weight excluding hydrogens is 321 g/mol. The molecule has 0 atom stereocenters. The quantitative estimate of drug-likeness (QED) is 0.569. The zero-order valence-corrected chi connectivity index (χ0v) is 10.2. The zero-order chi connectivity index (χ0) is 11.4. The van der Waals surface area contributed by atoms with E-state index in [2.05, 4.69) is 3.07 Å². The average Bonchev–Trinajstić information content (AvgIpc) is 1.78. The zero-order valence-electron chi connectivity index (χ0n) is 7.30. The van der Waals surface area contributed by atoms with Crippen molar-refractivity contribution >= 4 is 20.2 Å². The predicted molar refractivity (Wildman–Crippen MR) is 39.1 cm³/mol. The van der Waals surface area contributed by atoms with Crippen molar-refractivity contribution in [3.8, 4) is 0 Å². The van der Waals surface area contributed by atoms with E-state index in [9.17, 15) is 26.3 Å². The van der Waals surface area contributed by atoms with E-state index in [0.29, 0.717) is 0 Å². The van der Waals surface area contributed by atoms with Crippen molar-refractivity contribution < 1.29 is 29.4 Å². The van der Waals surface area contributed by atoms with Gasteiger partial charge in [-0.25, -0.2) is 0 Å². The van der Waals surface area contributed by atoms with Crippen LogP contribution in [0.1, 0.15) is 6.92 Å². The molecule has 0 unspecified atom stereocenters. The summed E-state index contributed by atoms with van der Waals surface area (Å²) in [5.74, 6) is 0. The Morgan fingerprint density at radius 3 is 1.50 bits per heavy atom. The van der Waals surface area contributed by atoms with Crippen molar-refractivity contribution in [3.05, 3.63) is 0 Å². The molecule has 0 aliphatic rings. The molecule has 0 heterocycles. The van der Waals surface area contributed by atoms with Gasteiger partial charge < -0.3 is 0 Å². The molecule has 0 bridgehead atoms. The van der Waals surface area contributed by atoms with Crippen LogP contribution in [0.25, 0.3) is 0 Å². The summed E-state index contributed by atoms with van der Waals surface area (Å²) < 4.78 is 72.6. The van der Waals surface area contributed by atoms with Gasteiger partial charge in [0.15, 0.2) is 0 Å². The first-order valence-electron chi connectivity index (χ1n) is 3.75. The normalized spacial score (nSPS) is 13.7. The molecule has 0 saturated carbocycles. The minimum atomic E-state index is -4.55. The molecule has 0 aliphatic heterocycles. The van der Waals surface area contributed by atoms with Crippen LogP contribution in [0.5, 0.6) is 0 Å². The van der Waals surface area contributed by atoms with Gasteiger partial charge in [-0.15, -0.1) is 0 Å². The SMILES string of the molecule is CC[O][Sn]([CH2]C(F)(F)F)[CH2]C(F)(F)F. The summed E-state index contributed by atoms with van der Waals surface area (Å²) in [6, 6.07) is 0. The van der Waals surface area contributed by atoms with Gasteiger partial charge in [0.25, 0.3) is 0 Å². The van der Waals surface area contributed by atoms with E-state index < -0.39 is 41.4 Å². The second kappa shape index (κ2) is 5.43. The van der Waals surface area contributed by atoms with Gasteiger partial charge >= 0.3 is 84.3 Å². The Morgan fingerprint density at radius 1 is 0.929 bits per heavy atom. The Morgan fingerprint density at radius 2 is 1.29 bits per heavy atom. The van der Waals surface area contributed by atoms with E-state index in [1.807, 2.05) is 0 Å². The molecule has 14 heavy (non-hydrogen) atoms. The van der Waals surface area contributed by atoms with E-state index in [1.54, 1.807) is 0 Å². The number of alkyl halides is 6. The summed E-state index contributed by atoms with van der Waals surface area (Å²) in [6.07, 6.45) is -9.09. The van der Waals surface area contributed by atoms with E-state index in [0.717, 1.165) is 0 Å². The van der Waals surface area contributed by atoms with Gasteiger partial charge in [-0.05, 0) is 0 Å². The van der Waals surface area contributed by atoms with Crippen LogP contribution in [-0.4, -0.2) is 39.1 Å². The molecule has 0 amide bonds. The summed E-state index contributed by atoms with van der Waals surface area (Å²) in [6.45, 7) is 1.31. The van der Waals surface area contributed by atoms with Crippen LogP contribution in [-0.2, 0) is 3.07 Å². The first-order chi connectivity index (χ1) is 6.14. The van der Waals surface area contributed by atoms with Gasteiger partial charge in [-0.2, -0.15) is 0 Å². The molecule has 0 rings (SSSR count). The first kappa shape index (κ1) is 14.3. The Bertz CT molecular complexity index is 149. The summed E-state index contributed by atoms with van der Waals surface area (Å²) >= 11 is -3.82. The summed E-state index contributed by atoms with van der Waals surface area (Å²) in [5, 5.41) is 0. The van der Waals surface area contributed by atoms with E-state index in [1.165, 1.54) is 6.92 Å². The third kappa shape index (κ3) is 8.92. The topological polar surface area (TPSA) is 9.23 Å². The predicted octanol–water partition coefficient (Wildman–Crippen LogP) is 3.14. The summed E-state index contributed by atoms with van der Waals surface area (Å²) in [5.41, 5.74) is 0. The molecule has 85 valence electrons. The summed E-state index contributed by atoms with van der Waals surface area (Å²) in [7, 11) is 0. The number of hydrogen-bond acceptors (Lipinski definition) is 1. The van der Waals surface area contributed by atoms with E-state index >= 15 is 0 Å². The molecule has 1 radical (unpaired) electrons. The monoisotopic (exact) mass is 331 g/mol. The number of halogens is 6. The van der Waals surface area contributed by atoms with Gasteiger partial charge in [0.2, 0.25) is 0 Å². The van der Waals surface area contributed by atoms with Crippen LogP contribution >= 0.6 is 0 Å². The maximum atomic E-state index is 11.8. The van der Waals surface area contributed by atoms with Gasteiger partial charge in [-0.3, -0.25) is 0 Å². The van der Waals surface area contributed by atoms with Gasteiger partial charge in [-0.1, -0.05) is 0 Å².